The number of fused-ring (bicyclic) bond motifs is 3. The fourth-order valence-electron chi connectivity index (χ4n) is 3.11. The van der Waals surface area contributed by atoms with Crippen molar-refractivity contribution in [1.82, 2.24) is 19.7 Å². The molecule has 2 aromatic heterocycles. The van der Waals surface area contributed by atoms with Gasteiger partial charge >= 0.3 is 6.18 Å². The Kier molecular flexibility index (Phi) is 3.38. The van der Waals surface area contributed by atoms with Gasteiger partial charge in [-0.05, 0) is 37.1 Å². The van der Waals surface area contributed by atoms with E-state index < -0.39 is 17.6 Å². The van der Waals surface area contributed by atoms with Crippen molar-refractivity contribution in [1.29, 1.82) is 0 Å². The third-order valence-corrected chi connectivity index (χ3v) is 4.30. The lowest BCUT2D eigenvalue weighted by molar-refractivity contribution is -0.137. The summed E-state index contributed by atoms with van der Waals surface area (Å²) in [5.74, 6) is 0.780. The smallest absolute Gasteiger partial charge is 0.283 e. The molecule has 0 unspecified atom stereocenters. The molecular formula is C17H12F4N4. The number of nitrogens with zero attached hydrogens (tertiary/aromatic N) is 4. The minimum atomic E-state index is -4.53. The Morgan fingerprint density at radius 2 is 1.84 bits per heavy atom. The Balaban J connectivity index is 1.86. The van der Waals surface area contributed by atoms with Crippen LogP contribution in [0.15, 0.2) is 30.6 Å². The third kappa shape index (κ3) is 2.57. The van der Waals surface area contributed by atoms with Gasteiger partial charge in [-0.1, -0.05) is 0 Å². The van der Waals surface area contributed by atoms with E-state index in [0.29, 0.717) is 24.4 Å². The van der Waals surface area contributed by atoms with Crippen LogP contribution < -0.4 is 0 Å². The number of benzene rings is 1. The summed E-state index contributed by atoms with van der Waals surface area (Å²) in [5, 5.41) is 8.06. The van der Waals surface area contributed by atoms with E-state index in [1.165, 1.54) is 12.3 Å². The van der Waals surface area contributed by atoms with Crippen LogP contribution in [0.25, 0.3) is 16.8 Å². The first-order valence-corrected chi connectivity index (χ1v) is 7.61. The minimum absolute atomic E-state index is 0.0985. The Morgan fingerprint density at radius 1 is 1.04 bits per heavy atom. The monoisotopic (exact) mass is 348 g/mol. The van der Waals surface area contributed by atoms with E-state index in [1.54, 1.807) is 17.6 Å². The Bertz CT molecular complexity index is 975. The SMILES string of the molecule is Cc1nnc2n1-c1cc(F)c(-c3cncc(C(F)(F)F)c3)cc1CC2. The summed E-state index contributed by atoms with van der Waals surface area (Å²) in [5.41, 5.74) is 0.765. The highest BCUT2D eigenvalue weighted by molar-refractivity contribution is 5.68. The number of aromatic nitrogens is 4. The van der Waals surface area contributed by atoms with E-state index in [1.807, 2.05) is 0 Å². The highest BCUT2D eigenvalue weighted by atomic mass is 19.4. The molecule has 0 aliphatic carbocycles. The topological polar surface area (TPSA) is 43.6 Å². The van der Waals surface area contributed by atoms with Crippen molar-refractivity contribution in [3.05, 3.63) is 59.2 Å². The maximum atomic E-state index is 14.7. The molecular weight excluding hydrogens is 336 g/mol. The van der Waals surface area contributed by atoms with Gasteiger partial charge < -0.3 is 0 Å². The van der Waals surface area contributed by atoms with Crippen LogP contribution in [0, 0.1) is 12.7 Å². The van der Waals surface area contributed by atoms with E-state index in [-0.39, 0.29) is 11.1 Å². The number of hydrogen-bond acceptors (Lipinski definition) is 3. The maximum Gasteiger partial charge on any atom is 0.417 e. The van der Waals surface area contributed by atoms with Crippen molar-refractivity contribution >= 4 is 0 Å². The van der Waals surface area contributed by atoms with Crippen molar-refractivity contribution in [3.63, 3.8) is 0 Å². The second-order valence-corrected chi connectivity index (χ2v) is 5.92. The zero-order chi connectivity index (χ0) is 17.8. The average Bonchev–Trinajstić information content (AvgIpc) is 2.95. The quantitative estimate of drug-likeness (QED) is 0.627. The van der Waals surface area contributed by atoms with Gasteiger partial charge in [0.25, 0.3) is 0 Å². The van der Waals surface area contributed by atoms with E-state index in [0.717, 1.165) is 23.7 Å². The molecule has 128 valence electrons. The molecule has 4 nitrogen and oxygen atoms in total. The lowest BCUT2D eigenvalue weighted by atomic mass is 9.96. The van der Waals surface area contributed by atoms with Crippen molar-refractivity contribution in [2.24, 2.45) is 0 Å². The number of rotatable bonds is 1. The summed E-state index contributed by atoms with van der Waals surface area (Å²) < 4.78 is 55.1. The summed E-state index contributed by atoms with van der Waals surface area (Å²) in [7, 11) is 0. The van der Waals surface area contributed by atoms with Crippen LogP contribution >= 0.6 is 0 Å². The summed E-state index contributed by atoms with van der Waals surface area (Å²) in [6.45, 7) is 1.77. The number of hydrogen-bond donors (Lipinski definition) is 0. The Hall–Kier alpha value is -2.77. The molecule has 1 aromatic carbocycles. The number of halogens is 4. The summed E-state index contributed by atoms with van der Waals surface area (Å²) >= 11 is 0. The van der Waals surface area contributed by atoms with Crippen LogP contribution in [0.5, 0.6) is 0 Å². The summed E-state index contributed by atoms with van der Waals surface area (Å²) in [4.78, 5) is 3.61. The van der Waals surface area contributed by atoms with Crippen molar-refractivity contribution in [2.45, 2.75) is 25.9 Å². The second kappa shape index (κ2) is 5.37. The molecule has 1 aliphatic rings. The molecule has 0 atom stereocenters. The molecule has 3 aromatic rings. The van der Waals surface area contributed by atoms with E-state index in [2.05, 4.69) is 15.2 Å². The Labute approximate surface area is 140 Å². The van der Waals surface area contributed by atoms with Crippen molar-refractivity contribution in [3.8, 4) is 16.8 Å². The molecule has 4 rings (SSSR count). The lowest BCUT2D eigenvalue weighted by Crippen LogP contribution is -2.14. The molecule has 0 fully saturated rings. The molecule has 0 bridgehead atoms. The molecule has 0 amide bonds. The van der Waals surface area contributed by atoms with Crippen LogP contribution in [0.2, 0.25) is 0 Å². The minimum Gasteiger partial charge on any atom is -0.283 e. The average molecular weight is 348 g/mol. The summed E-state index contributed by atoms with van der Waals surface area (Å²) in [6.07, 6.45) is -1.31. The second-order valence-electron chi connectivity index (χ2n) is 5.92. The molecule has 0 saturated carbocycles. The van der Waals surface area contributed by atoms with Gasteiger partial charge in [-0.25, -0.2) is 4.39 Å². The number of alkyl halides is 3. The van der Waals surface area contributed by atoms with Gasteiger partial charge in [0.15, 0.2) is 0 Å². The van der Waals surface area contributed by atoms with Gasteiger partial charge in [-0.2, -0.15) is 13.2 Å². The van der Waals surface area contributed by atoms with E-state index in [4.69, 9.17) is 0 Å². The zero-order valence-corrected chi connectivity index (χ0v) is 13.1. The summed E-state index contributed by atoms with van der Waals surface area (Å²) in [6, 6.07) is 3.82. The van der Waals surface area contributed by atoms with Crippen LogP contribution in [-0.2, 0) is 19.0 Å². The van der Waals surface area contributed by atoms with Gasteiger partial charge in [0.1, 0.15) is 17.5 Å². The molecule has 0 spiro atoms. The van der Waals surface area contributed by atoms with Gasteiger partial charge in [-0.15, -0.1) is 10.2 Å². The molecule has 0 saturated heterocycles. The standard InChI is InChI=1S/C17H12F4N4/c1-9-23-24-16-3-2-10-5-13(14(18)6-15(10)25(9)16)11-4-12(8-22-7-11)17(19,20)21/h4-8H,2-3H2,1H3. The fraction of sp³-hybridized carbons (Fsp3) is 0.235. The van der Waals surface area contributed by atoms with Crippen LogP contribution in [0.1, 0.15) is 22.8 Å². The lowest BCUT2D eigenvalue weighted by Gasteiger charge is -2.20. The van der Waals surface area contributed by atoms with E-state index in [9.17, 15) is 17.6 Å². The van der Waals surface area contributed by atoms with Gasteiger partial charge in [0, 0.05) is 29.9 Å². The normalized spacial score (nSPS) is 13.5. The highest BCUT2D eigenvalue weighted by Crippen LogP contribution is 2.35. The molecule has 3 heterocycles. The molecule has 0 radical (unpaired) electrons. The number of pyridine rings is 1. The van der Waals surface area contributed by atoms with Crippen molar-refractivity contribution in [2.75, 3.05) is 0 Å². The van der Waals surface area contributed by atoms with Crippen LogP contribution in [0.3, 0.4) is 0 Å². The third-order valence-electron chi connectivity index (χ3n) is 4.30. The van der Waals surface area contributed by atoms with Crippen molar-refractivity contribution < 1.29 is 17.6 Å². The van der Waals surface area contributed by atoms with E-state index >= 15 is 0 Å². The Morgan fingerprint density at radius 3 is 2.60 bits per heavy atom. The zero-order valence-electron chi connectivity index (χ0n) is 13.1. The molecule has 1 aliphatic heterocycles. The first-order valence-electron chi connectivity index (χ1n) is 7.61. The first kappa shape index (κ1) is 15.7. The first-order chi connectivity index (χ1) is 11.8. The maximum absolute atomic E-state index is 14.7. The van der Waals surface area contributed by atoms with Crippen LogP contribution in [0.4, 0.5) is 17.6 Å². The largest absolute Gasteiger partial charge is 0.417 e. The highest BCUT2D eigenvalue weighted by Gasteiger charge is 2.31. The van der Waals surface area contributed by atoms with Gasteiger partial charge in [-0.3, -0.25) is 9.55 Å². The van der Waals surface area contributed by atoms with Gasteiger partial charge in [0.2, 0.25) is 0 Å². The molecule has 8 heteroatoms. The fourth-order valence-corrected chi connectivity index (χ4v) is 3.11. The molecule has 25 heavy (non-hydrogen) atoms. The predicted molar refractivity (Wildman–Crippen MR) is 81.7 cm³/mol. The van der Waals surface area contributed by atoms with Gasteiger partial charge in [0.05, 0.1) is 11.3 Å². The number of aryl methyl sites for hydroxylation is 3. The van der Waals surface area contributed by atoms with Crippen LogP contribution in [-0.4, -0.2) is 19.7 Å². The predicted octanol–water partition coefficient (Wildman–Crippen LogP) is 3.89. The molecule has 0 N–H and O–H groups in total.